The van der Waals surface area contributed by atoms with Crippen LogP contribution in [0.5, 0.6) is 0 Å². The summed E-state index contributed by atoms with van der Waals surface area (Å²) in [7, 11) is 0. The average molecular weight is 342 g/mol. The number of aromatic nitrogens is 1. The topological polar surface area (TPSA) is 43.3 Å². The number of benzene rings is 1. The third-order valence-electron chi connectivity index (χ3n) is 5.12. The second kappa shape index (κ2) is 8.05. The Bertz CT molecular complexity index is 733. The Morgan fingerprint density at radius 3 is 2.92 bits per heavy atom. The van der Waals surface area contributed by atoms with Gasteiger partial charge in [-0.3, -0.25) is 4.79 Å². The molecule has 1 atom stereocenters. The first-order valence-corrected chi connectivity index (χ1v) is 9.58. The molecule has 1 aliphatic rings. The third kappa shape index (κ3) is 4.06. The van der Waals surface area contributed by atoms with Crippen LogP contribution in [0.2, 0.25) is 0 Å². The van der Waals surface area contributed by atoms with E-state index in [2.05, 4.69) is 41.9 Å². The molecule has 1 N–H and O–H groups in total. The second-order valence-electron chi connectivity index (χ2n) is 7.41. The molecule has 25 heavy (non-hydrogen) atoms. The highest BCUT2D eigenvalue weighted by Gasteiger charge is 2.25. The lowest BCUT2D eigenvalue weighted by Gasteiger charge is -2.25. The Balaban J connectivity index is 1.83. The first-order chi connectivity index (χ1) is 12.1. The van der Waals surface area contributed by atoms with Gasteiger partial charge in [0.05, 0.1) is 6.61 Å². The lowest BCUT2D eigenvalue weighted by atomic mass is 9.91. The molecule has 0 amide bonds. The summed E-state index contributed by atoms with van der Waals surface area (Å²) in [5.74, 6) is 0.585. The van der Waals surface area contributed by atoms with Crippen molar-refractivity contribution in [3.63, 3.8) is 0 Å². The van der Waals surface area contributed by atoms with Gasteiger partial charge in [0, 0.05) is 22.6 Å². The third-order valence-corrected chi connectivity index (χ3v) is 5.12. The molecule has 0 saturated carbocycles. The maximum absolute atomic E-state index is 12.1. The van der Waals surface area contributed by atoms with Crippen LogP contribution in [0.3, 0.4) is 0 Å². The quantitative estimate of drug-likeness (QED) is 0.780. The molecule has 0 unspecified atom stereocenters. The van der Waals surface area contributed by atoms with Gasteiger partial charge in [0.15, 0.2) is 0 Å². The monoisotopic (exact) mass is 342 g/mol. The number of para-hydroxylation sites is 1. The number of nitrogens with zero attached hydrogens (tertiary/aromatic N) is 1. The van der Waals surface area contributed by atoms with Crippen molar-refractivity contribution in [2.75, 3.05) is 13.2 Å². The van der Waals surface area contributed by atoms with E-state index in [0.29, 0.717) is 19.2 Å². The molecular formula is C21H30N2O2. The van der Waals surface area contributed by atoms with E-state index >= 15 is 0 Å². The highest BCUT2D eigenvalue weighted by Crippen LogP contribution is 2.32. The smallest absolute Gasteiger partial charge is 0.325 e. The predicted molar refractivity (Wildman–Crippen MR) is 102 cm³/mol. The number of rotatable bonds is 7. The zero-order chi connectivity index (χ0) is 17.8. The summed E-state index contributed by atoms with van der Waals surface area (Å²) in [6, 6.07) is 8.98. The fourth-order valence-electron chi connectivity index (χ4n) is 3.87. The average Bonchev–Trinajstić information content (AvgIpc) is 2.89. The van der Waals surface area contributed by atoms with E-state index in [1.165, 1.54) is 23.1 Å². The molecule has 4 nitrogen and oxygen atoms in total. The van der Waals surface area contributed by atoms with Crippen LogP contribution in [0.4, 0.5) is 0 Å². The molecule has 0 bridgehead atoms. The Morgan fingerprint density at radius 2 is 2.16 bits per heavy atom. The Kier molecular flexibility index (Phi) is 5.79. The van der Waals surface area contributed by atoms with Crippen LogP contribution in [0, 0.1) is 5.92 Å². The largest absolute Gasteiger partial charge is 0.465 e. The molecule has 1 aliphatic carbocycles. The first-order valence-electron chi connectivity index (χ1n) is 9.58. The van der Waals surface area contributed by atoms with Crippen molar-refractivity contribution in [1.29, 1.82) is 0 Å². The molecule has 136 valence electrons. The zero-order valence-electron chi connectivity index (χ0n) is 15.7. The molecular weight excluding hydrogens is 312 g/mol. The molecule has 1 heterocycles. The van der Waals surface area contributed by atoms with E-state index < -0.39 is 0 Å². The summed E-state index contributed by atoms with van der Waals surface area (Å²) in [6.45, 7) is 8.22. The standard InChI is InChI=1S/C21H30N2O2/c1-4-25-21(24)14-23-19-8-6-5-7-17(19)18-13-16(9-10-20(18)23)22-12-11-15(2)3/h5-8,15-16,22H,4,9-14H2,1-3H3/t16-/m0/s1. The van der Waals surface area contributed by atoms with E-state index in [1.807, 2.05) is 13.0 Å². The highest BCUT2D eigenvalue weighted by atomic mass is 16.5. The maximum atomic E-state index is 12.1. The van der Waals surface area contributed by atoms with Gasteiger partial charge in [0.25, 0.3) is 0 Å². The summed E-state index contributed by atoms with van der Waals surface area (Å²) in [5, 5.41) is 5.02. The van der Waals surface area contributed by atoms with Crippen molar-refractivity contribution in [1.82, 2.24) is 9.88 Å². The van der Waals surface area contributed by atoms with Gasteiger partial charge in [-0.2, -0.15) is 0 Å². The molecule has 0 aliphatic heterocycles. The van der Waals surface area contributed by atoms with Crippen molar-refractivity contribution in [3.8, 4) is 0 Å². The Labute approximate surface area is 150 Å². The molecule has 0 fully saturated rings. The summed E-state index contributed by atoms with van der Waals surface area (Å²) in [4.78, 5) is 12.1. The first kappa shape index (κ1) is 18.0. The summed E-state index contributed by atoms with van der Waals surface area (Å²) >= 11 is 0. The number of carbonyl (C=O) groups excluding carboxylic acids is 1. The Hall–Kier alpha value is -1.81. The van der Waals surface area contributed by atoms with Crippen LogP contribution in [-0.4, -0.2) is 29.7 Å². The van der Waals surface area contributed by atoms with Crippen molar-refractivity contribution < 1.29 is 9.53 Å². The molecule has 1 aromatic carbocycles. The molecule has 4 heteroatoms. The van der Waals surface area contributed by atoms with Crippen LogP contribution in [0.25, 0.3) is 10.9 Å². The molecule has 0 saturated heterocycles. The van der Waals surface area contributed by atoms with E-state index in [9.17, 15) is 4.79 Å². The van der Waals surface area contributed by atoms with E-state index in [4.69, 9.17) is 4.74 Å². The van der Waals surface area contributed by atoms with Gasteiger partial charge in [0.1, 0.15) is 6.54 Å². The molecule has 3 rings (SSSR count). The van der Waals surface area contributed by atoms with Crippen molar-refractivity contribution in [2.45, 2.75) is 59.0 Å². The number of nitrogens with one attached hydrogen (secondary N) is 1. The SMILES string of the molecule is CCOC(=O)Cn1c2c(c3ccccc31)C[C@@H](NCCC(C)C)CC2. The molecule has 0 radical (unpaired) electrons. The minimum absolute atomic E-state index is 0.150. The minimum atomic E-state index is -0.150. The predicted octanol–water partition coefficient (Wildman–Crippen LogP) is 3.70. The van der Waals surface area contributed by atoms with Crippen molar-refractivity contribution in [2.24, 2.45) is 5.92 Å². The molecule has 2 aromatic rings. The minimum Gasteiger partial charge on any atom is -0.465 e. The second-order valence-corrected chi connectivity index (χ2v) is 7.41. The number of esters is 1. The van der Waals surface area contributed by atoms with E-state index in [0.717, 1.165) is 37.2 Å². The van der Waals surface area contributed by atoms with Crippen LogP contribution in [0.1, 0.15) is 44.9 Å². The lowest BCUT2D eigenvalue weighted by molar-refractivity contribution is -0.143. The van der Waals surface area contributed by atoms with Crippen LogP contribution in [0.15, 0.2) is 24.3 Å². The van der Waals surface area contributed by atoms with Crippen LogP contribution < -0.4 is 5.32 Å². The van der Waals surface area contributed by atoms with E-state index in [-0.39, 0.29) is 5.97 Å². The van der Waals surface area contributed by atoms with Gasteiger partial charge in [-0.05, 0) is 56.7 Å². The van der Waals surface area contributed by atoms with Gasteiger partial charge in [-0.1, -0.05) is 32.0 Å². The number of fused-ring (bicyclic) bond motifs is 3. The fraction of sp³-hybridized carbons (Fsp3) is 0.571. The van der Waals surface area contributed by atoms with Gasteiger partial charge in [-0.25, -0.2) is 0 Å². The Morgan fingerprint density at radius 1 is 1.36 bits per heavy atom. The van der Waals surface area contributed by atoms with Crippen molar-refractivity contribution >= 4 is 16.9 Å². The fourth-order valence-corrected chi connectivity index (χ4v) is 3.87. The zero-order valence-corrected chi connectivity index (χ0v) is 15.7. The van der Waals surface area contributed by atoms with Crippen LogP contribution >= 0.6 is 0 Å². The van der Waals surface area contributed by atoms with Gasteiger partial charge < -0.3 is 14.6 Å². The summed E-state index contributed by atoms with van der Waals surface area (Å²) in [5.41, 5.74) is 3.88. The number of hydrogen-bond donors (Lipinski definition) is 1. The highest BCUT2D eigenvalue weighted by molar-refractivity contribution is 5.87. The lowest BCUT2D eigenvalue weighted by Crippen LogP contribution is -2.36. The number of carbonyl (C=O) groups is 1. The summed E-state index contributed by atoms with van der Waals surface area (Å²) < 4.78 is 7.35. The maximum Gasteiger partial charge on any atom is 0.325 e. The molecule has 0 spiro atoms. The normalized spacial score (nSPS) is 17.0. The van der Waals surface area contributed by atoms with Gasteiger partial charge >= 0.3 is 5.97 Å². The summed E-state index contributed by atoms with van der Waals surface area (Å²) in [6.07, 6.45) is 4.41. The van der Waals surface area contributed by atoms with E-state index in [1.54, 1.807) is 0 Å². The van der Waals surface area contributed by atoms with Crippen molar-refractivity contribution in [3.05, 3.63) is 35.5 Å². The number of ether oxygens (including phenoxy) is 1. The van der Waals surface area contributed by atoms with Crippen LogP contribution in [-0.2, 0) is 28.9 Å². The van der Waals surface area contributed by atoms with Gasteiger partial charge in [-0.15, -0.1) is 0 Å². The number of hydrogen-bond acceptors (Lipinski definition) is 3. The van der Waals surface area contributed by atoms with Gasteiger partial charge in [0.2, 0.25) is 0 Å². The molecule has 1 aromatic heterocycles.